The lowest BCUT2D eigenvalue weighted by molar-refractivity contribution is -0.274. The molecule has 0 aromatic heterocycles. The van der Waals surface area contributed by atoms with E-state index in [1.54, 1.807) is 12.1 Å². The van der Waals surface area contributed by atoms with E-state index in [2.05, 4.69) is 4.74 Å². The molecule has 0 N–H and O–H groups in total. The topological polar surface area (TPSA) is 9.23 Å². The third-order valence-electron chi connectivity index (χ3n) is 1.77. The molecular formula is C12H17F3O. The first kappa shape index (κ1) is 14.8. The van der Waals surface area contributed by atoms with E-state index in [9.17, 15) is 13.2 Å². The SMILES string of the molecule is CC.CC(C)c1ccccc1OC(F)(F)F. The second-order valence-corrected chi connectivity index (χ2v) is 3.24. The molecule has 0 bridgehead atoms. The smallest absolute Gasteiger partial charge is 0.405 e. The van der Waals surface area contributed by atoms with Crippen LogP contribution in [0.1, 0.15) is 39.2 Å². The third kappa shape index (κ3) is 5.05. The van der Waals surface area contributed by atoms with Gasteiger partial charge in [-0.15, -0.1) is 13.2 Å². The van der Waals surface area contributed by atoms with E-state index in [1.165, 1.54) is 12.1 Å². The molecule has 0 atom stereocenters. The fourth-order valence-corrected chi connectivity index (χ4v) is 1.18. The Morgan fingerprint density at radius 2 is 1.56 bits per heavy atom. The number of rotatable bonds is 2. The average molecular weight is 234 g/mol. The summed E-state index contributed by atoms with van der Waals surface area (Å²) in [5.74, 6) is -0.108. The molecule has 0 amide bonds. The molecule has 0 fully saturated rings. The normalized spacial score (nSPS) is 10.8. The van der Waals surface area contributed by atoms with E-state index in [1.807, 2.05) is 27.7 Å². The van der Waals surface area contributed by atoms with Crippen molar-refractivity contribution in [3.63, 3.8) is 0 Å². The first-order valence-electron chi connectivity index (χ1n) is 5.25. The molecule has 0 aliphatic rings. The van der Waals surface area contributed by atoms with Gasteiger partial charge in [0.15, 0.2) is 0 Å². The Hall–Kier alpha value is -1.19. The van der Waals surface area contributed by atoms with Crippen molar-refractivity contribution >= 4 is 0 Å². The van der Waals surface area contributed by atoms with Gasteiger partial charge in [0.25, 0.3) is 0 Å². The molecule has 92 valence electrons. The van der Waals surface area contributed by atoms with Crippen LogP contribution in [0.5, 0.6) is 5.75 Å². The third-order valence-corrected chi connectivity index (χ3v) is 1.77. The van der Waals surface area contributed by atoms with Gasteiger partial charge in [0.2, 0.25) is 0 Å². The zero-order chi connectivity index (χ0) is 12.8. The molecule has 0 radical (unpaired) electrons. The molecule has 4 heteroatoms. The first-order valence-corrected chi connectivity index (χ1v) is 5.25. The summed E-state index contributed by atoms with van der Waals surface area (Å²) in [6, 6.07) is 6.17. The number of para-hydroxylation sites is 1. The highest BCUT2D eigenvalue weighted by Crippen LogP contribution is 2.30. The Labute approximate surface area is 94.2 Å². The van der Waals surface area contributed by atoms with Gasteiger partial charge in [-0.05, 0) is 17.5 Å². The molecule has 1 nitrogen and oxygen atoms in total. The molecule has 1 rings (SSSR count). The van der Waals surface area contributed by atoms with Crippen LogP contribution in [-0.4, -0.2) is 6.36 Å². The summed E-state index contributed by atoms with van der Waals surface area (Å²) < 4.78 is 39.8. The number of alkyl halides is 3. The van der Waals surface area contributed by atoms with Gasteiger partial charge in [0.05, 0.1) is 0 Å². The Morgan fingerprint density at radius 1 is 1.06 bits per heavy atom. The minimum atomic E-state index is -4.62. The van der Waals surface area contributed by atoms with Gasteiger partial charge >= 0.3 is 6.36 Å². The van der Waals surface area contributed by atoms with Crippen molar-refractivity contribution in [3.8, 4) is 5.75 Å². The van der Waals surface area contributed by atoms with Gasteiger partial charge < -0.3 is 4.74 Å². The molecule has 16 heavy (non-hydrogen) atoms. The van der Waals surface area contributed by atoms with Gasteiger partial charge in [0, 0.05) is 0 Å². The van der Waals surface area contributed by atoms with Crippen molar-refractivity contribution in [1.82, 2.24) is 0 Å². The summed E-state index contributed by atoms with van der Waals surface area (Å²) in [4.78, 5) is 0. The van der Waals surface area contributed by atoms with Crippen molar-refractivity contribution in [2.75, 3.05) is 0 Å². The maximum Gasteiger partial charge on any atom is 0.573 e. The summed E-state index contributed by atoms with van der Waals surface area (Å²) in [5.41, 5.74) is 0.560. The van der Waals surface area contributed by atoms with Crippen LogP contribution in [0.3, 0.4) is 0 Å². The molecular weight excluding hydrogens is 217 g/mol. The highest BCUT2D eigenvalue weighted by atomic mass is 19.4. The van der Waals surface area contributed by atoms with Crippen LogP contribution in [0.2, 0.25) is 0 Å². The predicted octanol–water partition coefficient (Wildman–Crippen LogP) is 4.73. The molecule has 0 aliphatic carbocycles. The van der Waals surface area contributed by atoms with E-state index >= 15 is 0 Å². The summed E-state index contributed by atoms with van der Waals surface area (Å²) >= 11 is 0. The molecule has 0 heterocycles. The molecule has 1 aromatic carbocycles. The van der Waals surface area contributed by atoms with E-state index in [0.29, 0.717) is 5.56 Å². The number of benzene rings is 1. The minimum absolute atomic E-state index is 0.00792. The summed E-state index contributed by atoms with van der Waals surface area (Å²) in [7, 11) is 0. The van der Waals surface area contributed by atoms with Crippen LogP contribution >= 0.6 is 0 Å². The van der Waals surface area contributed by atoms with Crippen LogP contribution in [0.4, 0.5) is 13.2 Å². The van der Waals surface area contributed by atoms with E-state index < -0.39 is 6.36 Å². The van der Waals surface area contributed by atoms with Gasteiger partial charge in [-0.1, -0.05) is 45.9 Å². The van der Waals surface area contributed by atoms with Crippen molar-refractivity contribution in [2.45, 2.75) is 40.0 Å². The summed E-state index contributed by atoms with van der Waals surface area (Å²) in [5, 5.41) is 0. The van der Waals surface area contributed by atoms with E-state index in [0.717, 1.165) is 0 Å². The summed E-state index contributed by atoms with van der Waals surface area (Å²) in [6.45, 7) is 7.64. The van der Waals surface area contributed by atoms with Crippen LogP contribution < -0.4 is 4.74 Å². The average Bonchev–Trinajstić information content (AvgIpc) is 2.19. The molecule has 1 aromatic rings. The molecule has 0 aliphatic heterocycles. The first-order chi connectivity index (χ1) is 7.40. The molecule has 0 saturated carbocycles. The molecule has 0 spiro atoms. The van der Waals surface area contributed by atoms with Crippen molar-refractivity contribution in [1.29, 1.82) is 0 Å². The lowest BCUT2D eigenvalue weighted by Crippen LogP contribution is -2.18. The Bertz CT molecular complexity index is 305. The van der Waals surface area contributed by atoms with Gasteiger partial charge in [-0.25, -0.2) is 0 Å². The van der Waals surface area contributed by atoms with Crippen LogP contribution in [0, 0.1) is 0 Å². The van der Waals surface area contributed by atoms with Gasteiger partial charge in [-0.2, -0.15) is 0 Å². The number of ether oxygens (including phenoxy) is 1. The fraction of sp³-hybridized carbons (Fsp3) is 0.500. The highest BCUT2D eigenvalue weighted by Gasteiger charge is 2.32. The zero-order valence-corrected chi connectivity index (χ0v) is 9.93. The standard InChI is InChI=1S/C10H11F3O.C2H6/c1-7(2)8-5-3-4-6-9(8)14-10(11,12)13;1-2/h3-7H,1-2H3;1-2H3. The Kier molecular flexibility index (Phi) is 5.93. The van der Waals surface area contributed by atoms with Gasteiger partial charge in [0.1, 0.15) is 5.75 Å². The molecule has 0 unspecified atom stereocenters. The van der Waals surface area contributed by atoms with Gasteiger partial charge in [-0.3, -0.25) is 0 Å². The number of halogens is 3. The molecule has 0 saturated heterocycles. The largest absolute Gasteiger partial charge is 0.573 e. The number of hydrogen-bond donors (Lipinski definition) is 0. The maximum absolute atomic E-state index is 12.0. The minimum Gasteiger partial charge on any atom is -0.405 e. The monoisotopic (exact) mass is 234 g/mol. The second kappa shape index (κ2) is 6.40. The fourth-order valence-electron chi connectivity index (χ4n) is 1.18. The van der Waals surface area contributed by atoms with Crippen molar-refractivity contribution in [3.05, 3.63) is 29.8 Å². The lowest BCUT2D eigenvalue weighted by atomic mass is 10.0. The van der Waals surface area contributed by atoms with Crippen LogP contribution in [0.15, 0.2) is 24.3 Å². The maximum atomic E-state index is 12.0. The van der Waals surface area contributed by atoms with E-state index in [-0.39, 0.29) is 11.7 Å². The van der Waals surface area contributed by atoms with E-state index in [4.69, 9.17) is 0 Å². The highest BCUT2D eigenvalue weighted by molar-refractivity contribution is 5.35. The Balaban J connectivity index is 0.00000106. The van der Waals surface area contributed by atoms with Crippen molar-refractivity contribution < 1.29 is 17.9 Å². The zero-order valence-electron chi connectivity index (χ0n) is 9.93. The van der Waals surface area contributed by atoms with Crippen molar-refractivity contribution in [2.24, 2.45) is 0 Å². The lowest BCUT2D eigenvalue weighted by Gasteiger charge is -2.14. The second-order valence-electron chi connectivity index (χ2n) is 3.24. The summed E-state index contributed by atoms with van der Waals surface area (Å²) in [6.07, 6.45) is -4.62. The van der Waals surface area contributed by atoms with Crippen LogP contribution in [-0.2, 0) is 0 Å². The van der Waals surface area contributed by atoms with Crippen LogP contribution in [0.25, 0.3) is 0 Å². The quantitative estimate of drug-likeness (QED) is 0.718. The number of hydrogen-bond acceptors (Lipinski definition) is 1. The predicted molar refractivity (Wildman–Crippen MR) is 58.6 cm³/mol. The Morgan fingerprint density at radius 3 is 2.00 bits per heavy atom.